The number of hydrogen-bond donors (Lipinski definition) is 11. The number of aryl methyl sites for hydroxylation is 5. The van der Waals surface area contributed by atoms with Gasteiger partial charge in [-0.25, -0.2) is 15.0 Å². The highest BCUT2D eigenvalue weighted by Gasteiger charge is 2.38. The Morgan fingerprint density at radius 3 is 1.39 bits per heavy atom. The first-order valence-corrected chi connectivity index (χ1v) is 39.1. The second-order valence-corrected chi connectivity index (χ2v) is 27.5. The maximum absolute atomic E-state index is 13.5. The number of nitrogens with one attached hydrogen (secondary N) is 10. The van der Waals surface area contributed by atoms with Gasteiger partial charge in [0.25, 0.3) is 35.4 Å². The lowest BCUT2D eigenvalue weighted by atomic mass is 9.99. The summed E-state index contributed by atoms with van der Waals surface area (Å²) in [7, 11) is 9.61. The van der Waals surface area contributed by atoms with E-state index >= 15 is 0 Å². The first kappa shape index (κ1) is 92.3. The Bertz CT molecular complexity index is 4880. The van der Waals surface area contributed by atoms with Crippen LogP contribution in [0, 0.1) is 5.41 Å². The predicted octanol–water partition coefficient (Wildman–Crippen LogP) is 2.91. The summed E-state index contributed by atoms with van der Waals surface area (Å²) in [5, 5.41) is 40.1. The molecular formula is C80H103ClN21O19+. The van der Waals surface area contributed by atoms with E-state index in [0.29, 0.717) is 151 Å². The third kappa shape index (κ3) is 29.4. The molecule has 40 nitrogen and oxygen atoms in total. The molecule has 1 atom stereocenters. The van der Waals surface area contributed by atoms with Gasteiger partial charge in [-0.3, -0.25) is 59.0 Å². The molecule has 121 heavy (non-hydrogen) atoms. The van der Waals surface area contributed by atoms with Crippen LogP contribution in [0.15, 0.2) is 121 Å². The van der Waals surface area contributed by atoms with Crippen LogP contribution in [0.3, 0.4) is 0 Å². The van der Waals surface area contributed by atoms with Crippen molar-refractivity contribution in [3.05, 3.63) is 161 Å². The van der Waals surface area contributed by atoms with Crippen molar-refractivity contribution in [2.75, 3.05) is 177 Å². The third-order valence-electron chi connectivity index (χ3n) is 17.8. The van der Waals surface area contributed by atoms with Crippen LogP contribution in [0.2, 0.25) is 5.02 Å². The molecule has 1 aliphatic heterocycles. The predicted molar refractivity (Wildman–Crippen MR) is 446 cm³/mol. The number of imidazole rings is 3. The Morgan fingerprint density at radius 2 is 0.909 bits per heavy atom. The Labute approximate surface area is 702 Å². The number of benzodiazepines with no additional fused rings is 1. The lowest BCUT2D eigenvalue weighted by molar-refractivity contribution is -0.123. The van der Waals surface area contributed by atoms with Gasteiger partial charge < -0.3 is 118 Å². The van der Waals surface area contributed by atoms with Crippen LogP contribution in [-0.2, 0) is 92.3 Å². The molecule has 9 rings (SSSR count). The van der Waals surface area contributed by atoms with E-state index < -0.39 is 47.4 Å². The lowest BCUT2D eigenvalue weighted by Crippen LogP contribution is -2.58. The summed E-state index contributed by atoms with van der Waals surface area (Å²) >= 11 is 6.22. The standard InChI is InChI=1S/C80H102ClN21O19/c1-52(82)102-62-17-16-59(112-7)46-60(62)71(53-8-10-54(81)11-9-53)92-61(72(102)83)47-70(106)89-55-12-14-58(15-13-55)121-43-42-120-41-40-119-39-38-118-37-36-117-35-34-116-33-32-115-31-30-114-29-28-113-27-25-84-67(103)18-21-88-78(109)74-95-65(50-100(74)5)93-68(104)19-22-87-77(108)64-45-57(49-99(64)4)91-80(111)75-96-66(51-101(75)6)94-69(105)20-23-86-76(107)63-44-56(48-98(63)3)90-79(110)73-85-24-26-97(73)2/h8-17,24,26,44-46,48-51,61,82-83H,18-23,25,27-43,47H2,1-7H3,(H,84,103)(H,86,107)(H,87,108)(H,88,109)(H,89,106)(H,90,110)(H,91,111)(H,93,104)(H,94,105)/p+1/t61-/m0/s1. The smallest absolute Gasteiger partial charge is 0.291 e. The molecule has 0 spiro atoms. The molecule has 0 saturated heterocycles. The summed E-state index contributed by atoms with van der Waals surface area (Å²) in [6, 6.07) is 21.8. The van der Waals surface area contributed by atoms with E-state index in [1.807, 2.05) is 24.3 Å². The topological polar surface area (TPSA) is 483 Å². The third-order valence-corrected chi connectivity index (χ3v) is 18.1. The summed E-state index contributed by atoms with van der Waals surface area (Å²) in [5.74, 6) is -2.41. The monoisotopic (exact) mass is 1700 g/mol. The van der Waals surface area contributed by atoms with Crippen LogP contribution in [0.4, 0.5) is 34.4 Å². The van der Waals surface area contributed by atoms with Crippen molar-refractivity contribution in [2.45, 2.75) is 38.6 Å². The number of amides is 9. The number of nitrogens with two attached hydrogens (primary N) is 1. The number of amidine groups is 2. The Kier molecular flexibility index (Phi) is 36.6. The molecule has 0 bridgehead atoms. The molecular weight excluding hydrogens is 1590 g/mol. The van der Waals surface area contributed by atoms with Crippen molar-refractivity contribution in [1.29, 1.82) is 5.41 Å². The van der Waals surface area contributed by atoms with Crippen molar-refractivity contribution >= 4 is 117 Å². The molecule has 9 amide bonds. The zero-order chi connectivity index (χ0) is 86.6. The van der Waals surface area contributed by atoms with Crippen LogP contribution in [0.25, 0.3) is 0 Å². The van der Waals surface area contributed by atoms with Crippen molar-refractivity contribution in [1.82, 2.24) is 59.1 Å². The van der Waals surface area contributed by atoms with Gasteiger partial charge >= 0.3 is 0 Å². The number of anilines is 6. The van der Waals surface area contributed by atoms with Crippen LogP contribution in [0.1, 0.15) is 96.6 Å². The van der Waals surface area contributed by atoms with Gasteiger partial charge in [-0.2, -0.15) is 4.90 Å². The summed E-state index contributed by atoms with van der Waals surface area (Å²) in [5.41, 5.74) is 4.26. The van der Waals surface area contributed by atoms with Crippen LogP contribution in [-0.4, -0.2) is 260 Å². The zero-order valence-electron chi connectivity index (χ0n) is 68.4. The number of fused-ring (bicyclic) bond motifs is 1. The van der Waals surface area contributed by atoms with Gasteiger partial charge in [0.15, 0.2) is 29.3 Å². The maximum atomic E-state index is 13.5. The molecule has 6 heterocycles. The zero-order valence-corrected chi connectivity index (χ0v) is 69.2. The Hall–Kier alpha value is -12.5. The number of carbonyl (C=O) groups is 9. The van der Waals surface area contributed by atoms with Crippen LogP contribution >= 0.6 is 11.6 Å². The average molecular weight is 1700 g/mol. The summed E-state index contributed by atoms with van der Waals surface area (Å²) in [6.45, 7) is 8.07. The fourth-order valence-corrected chi connectivity index (χ4v) is 12.0. The SMILES string of the molecule is COc1ccc2c(c1)C(c1ccc(Cl)cc1)=N[C@@H](CC(=O)Nc1ccc(OCCOCCOCCOCCOCCOCCOCCOCCOCCNC(=O)CCNC(=O)c3nc(NC(=O)CCNC(=O)c4cc(NC(=O)c5nc(NC(=O)CCNC(=O)c6cc(NC(=O)c7nccn7C)cn6C)cn5C)cn4C)cn3C)cc1)C(=[NH2+])N2C(C)=N. The van der Waals surface area contributed by atoms with Gasteiger partial charge in [-0.15, -0.1) is 0 Å². The van der Waals surface area contributed by atoms with E-state index in [1.165, 1.54) is 55.2 Å². The molecule has 41 heteroatoms. The number of carbonyl (C=O) groups excluding carboxylic acids is 9. The molecule has 0 unspecified atom stereocenters. The van der Waals surface area contributed by atoms with Gasteiger partial charge in [0.1, 0.15) is 35.2 Å². The molecule has 5 aromatic heterocycles. The highest BCUT2D eigenvalue weighted by atomic mass is 35.5. The van der Waals surface area contributed by atoms with Crippen LogP contribution in [0.5, 0.6) is 11.5 Å². The molecule has 0 saturated carbocycles. The van der Waals surface area contributed by atoms with Gasteiger partial charge in [0.2, 0.25) is 35.3 Å². The Balaban J connectivity index is 0.505. The number of hydrogen-bond acceptors (Lipinski definition) is 24. The molecule has 3 aromatic carbocycles. The summed E-state index contributed by atoms with van der Waals surface area (Å²) in [4.78, 5) is 135. The quantitative estimate of drug-likeness (QED) is 0.0148. The van der Waals surface area contributed by atoms with Crippen molar-refractivity contribution < 1.29 is 95.9 Å². The summed E-state index contributed by atoms with van der Waals surface area (Å²) < 4.78 is 63.3. The Morgan fingerprint density at radius 1 is 0.455 bits per heavy atom. The van der Waals surface area contributed by atoms with Gasteiger partial charge in [0.05, 0.1) is 142 Å². The van der Waals surface area contributed by atoms with Crippen molar-refractivity contribution in [3.8, 4) is 11.5 Å². The molecule has 648 valence electrons. The maximum Gasteiger partial charge on any atom is 0.291 e. The molecule has 0 fully saturated rings. The minimum atomic E-state index is -0.809. The first-order valence-electron chi connectivity index (χ1n) is 38.8. The number of halogens is 1. The minimum absolute atomic E-state index is 0.00966. The van der Waals surface area contributed by atoms with Gasteiger partial charge in [-0.05, 0) is 66.7 Å². The second-order valence-electron chi connectivity index (χ2n) is 27.1. The van der Waals surface area contributed by atoms with E-state index in [4.69, 9.17) is 74.8 Å². The lowest BCUT2D eigenvalue weighted by Gasteiger charge is -2.19. The summed E-state index contributed by atoms with van der Waals surface area (Å²) in [6.07, 6.45) is 8.70. The van der Waals surface area contributed by atoms with E-state index in [9.17, 15) is 43.2 Å². The molecule has 0 aliphatic carbocycles. The molecule has 0 radical (unpaired) electrons. The fourth-order valence-electron chi connectivity index (χ4n) is 11.9. The molecule has 8 aromatic rings. The normalized spacial score (nSPS) is 12.4. The van der Waals surface area contributed by atoms with E-state index in [0.717, 1.165) is 5.56 Å². The molecule has 1 aliphatic rings. The van der Waals surface area contributed by atoms with Crippen LogP contribution < -0.4 is 67.6 Å². The van der Waals surface area contributed by atoms with E-state index in [2.05, 4.69) is 62.8 Å². The van der Waals surface area contributed by atoms with Crippen molar-refractivity contribution in [2.24, 2.45) is 40.2 Å². The first-order chi connectivity index (χ1) is 58.4. The number of aliphatic imine (C=N–C) groups is 1. The van der Waals surface area contributed by atoms with E-state index in [1.54, 1.807) is 114 Å². The number of rotatable bonds is 51. The number of aromatic nitrogens is 8. The number of benzene rings is 3. The highest BCUT2D eigenvalue weighted by Crippen LogP contribution is 2.33. The molecule has 12 N–H and O–H groups in total. The largest absolute Gasteiger partial charge is 0.497 e. The van der Waals surface area contributed by atoms with Gasteiger partial charge in [-0.1, -0.05) is 23.7 Å². The van der Waals surface area contributed by atoms with E-state index in [-0.39, 0.29) is 128 Å². The number of methoxy groups -OCH3 is 1. The number of ether oxygens (including phenoxy) is 10. The fraction of sp³-hybridized carbons (Fsp3) is 0.412. The highest BCUT2D eigenvalue weighted by molar-refractivity contribution is 6.31. The minimum Gasteiger partial charge on any atom is -0.497 e. The van der Waals surface area contributed by atoms with Gasteiger partial charge in [0, 0.05) is 141 Å². The average Bonchev–Trinajstić information content (AvgIpc) is 1.60. The second kappa shape index (κ2) is 47.9. The number of nitrogens with zero attached hydrogens (tertiary/aromatic N) is 10. The van der Waals surface area contributed by atoms with Crippen molar-refractivity contribution in [3.63, 3.8) is 0 Å².